The molecule has 162 valence electrons. The van der Waals surface area contributed by atoms with Crippen LogP contribution in [0.1, 0.15) is 49.2 Å². The van der Waals surface area contributed by atoms with E-state index in [0.29, 0.717) is 30.9 Å². The van der Waals surface area contributed by atoms with Gasteiger partial charge in [0.15, 0.2) is 5.82 Å². The van der Waals surface area contributed by atoms with Crippen molar-refractivity contribution in [3.05, 3.63) is 35.5 Å². The highest BCUT2D eigenvalue weighted by Gasteiger charge is 2.30. The number of nitrogens with one attached hydrogen (secondary N) is 2. The van der Waals surface area contributed by atoms with Crippen LogP contribution in [0.3, 0.4) is 0 Å². The standard InChI is InChI=1S/C22H31N5O3/c1-4-12-26(13-5-2)14-11-19(28)23-21-18-10-15-27(22(29)20(18)24-25-21)16-6-8-17(30-3)9-7-16/h6-9H,4-5,10-15H2,1-3H3,(H2,23,24,25,28). The van der Waals surface area contributed by atoms with Crippen LogP contribution in [-0.2, 0) is 11.2 Å². The molecule has 0 spiro atoms. The van der Waals surface area contributed by atoms with E-state index in [1.54, 1.807) is 12.0 Å². The van der Waals surface area contributed by atoms with Gasteiger partial charge in [0.25, 0.3) is 5.91 Å². The van der Waals surface area contributed by atoms with Gasteiger partial charge in [-0.3, -0.25) is 14.7 Å². The predicted molar refractivity (Wildman–Crippen MR) is 117 cm³/mol. The van der Waals surface area contributed by atoms with Crippen molar-refractivity contribution >= 4 is 23.3 Å². The van der Waals surface area contributed by atoms with Crippen LogP contribution in [0, 0.1) is 0 Å². The Morgan fingerprint density at radius 2 is 1.90 bits per heavy atom. The molecule has 3 rings (SSSR count). The van der Waals surface area contributed by atoms with Crippen molar-refractivity contribution in [2.75, 3.05) is 43.5 Å². The molecule has 0 radical (unpaired) electrons. The molecule has 8 nitrogen and oxygen atoms in total. The van der Waals surface area contributed by atoms with E-state index < -0.39 is 0 Å². The molecule has 1 aliphatic rings. The second-order valence-corrected chi connectivity index (χ2v) is 7.47. The van der Waals surface area contributed by atoms with E-state index in [2.05, 4.69) is 34.3 Å². The molecule has 0 saturated carbocycles. The van der Waals surface area contributed by atoms with Crippen LogP contribution in [-0.4, -0.2) is 60.2 Å². The number of ether oxygens (including phenoxy) is 1. The fraction of sp³-hybridized carbons (Fsp3) is 0.500. The van der Waals surface area contributed by atoms with Crippen LogP contribution in [0.15, 0.2) is 24.3 Å². The molecule has 0 bridgehead atoms. The zero-order valence-electron chi connectivity index (χ0n) is 18.0. The fourth-order valence-electron chi connectivity index (χ4n) is 3.78. The maximum atomic E-state index is 12.9. The molecular formula is C22H31N5O3. The third kappa shape index (κ3) is 4.99. The van der Waals surface area contributed by atoms with Crippen LogP contribution < -0.4 is 15.0 Å². The molecule has 1 aromatic carbocycles. The molecule has 1 aromatic heterocycles. The number of aromatic amines is 1. The van der Waals surface area contributed by atoms with Crippen LogP contribution in [0.5, 0.6) is 5.75 Å². The lowest BCUT2D eigenvalue weighted by atomic mass is 10.1. The molecule has 0 saturated heterocycles. The first-order valence-electron chi connectivity index (χ1n) is 10.6. The van der Waals surface area contributed by atoms with Crippen LogP contribution >= 0.6 is 0 Å². The number of aromatic nitrogens is 2. The average molecular weight is 414 g/mol. The van der Waals surface area contributed by atoms with Crippen LogP contribution in [0.4, 0.5) is 11.5 Å². The average Bonchev–Trinajstić information content (AvgIpc) is 3.16. The SMILES string of the molecule is CCCN(CCC)CCC(=O)Nc1n[nH]c2c1CCN(c1ccc(OC)cc1)C2=O. The zero-order valence-corrected chi connectivity index (χ0v) is 18.0. The molecule has 0 atom stereocenters. The van der Waals surface area contributed by atoms with Gasteiger partial charge in [0.1, 0.15) is 11.4 Å². The van der Waals surface area contributed by atoms with E-state index in [1.165, 1.54) is 0 Å². The summed E-state index contributed by atoms with van der Waals surface area (Å²) >= 11 is 0. The molecule has 2 heterocycles. The van der Waals surface area contributed by atoms with Crippen molar-refractivity contribution in [3.63, 3.8) is 0 Å². The second kappa shape index (κ2) is 10.2. The molecule has 2 N–H and O–H groups in total. The highest BCUT2D eigenvalue weighted by atomic mass is 16.5. The summed E-state index contributed by atoms with van der Waals surface area (Å²) in [6, 6.07) is 7.38. The van der Waals surface area contributed by atoms with Gasteiger partial charge < -0.3 is 19.9 Å². The summed E-state index contributed by atoms with van der Waals surface area (Å²) in [4.78, 5) is 29.4. The molecule has 30 heavy (non-hydrogen) atoms. The van der Waals surface area contributed by atoms with Gasteiger partial charge in [0, 0.05) is 30.8 Å². The fourth-order valence-corrected chi connectivity index (χ4v) is 3.78. The number of benzene rings is 1. The van der Waals surface area contributed by atoms with Gasteiger partial charge in [0.05, 0.1) is 7.11 Å². The Labute approximate surface area is 177 Å². The Balaban J connectivity index is 1.63. The Hall–Kier alpha value is -2.87. The van der Waals surface area contributed by atoms with Gasteiger partial charge in [-0.2, -0.15) is 5.10 Å². The summed E-state index contributed by atoms with van der Waals surface area (Å²) in [7, 11) is 1.61. The van der Waals surface area contributed by atoms with Gasteiger partial charge in [-0.1, -0.05) is 13.8 Å². The van der Waals surface area contributed by atoms with Crippen molar-refractivity contribution < 1.29 is 14.3 Å². The van der Waals surface area contributed by atoms with Gasteiger partial charge >= 0.3 is 0 Å². The first-order chi connectivity index (χ1) is 14.6. The summed E-state index contributed by atoms with van der Waals surface area (Å²) in [5.41, 5.74) is 2.02. The first-order valence-corrected chi connectivity index (χ1v) is 10.6. The normalized spacial score (nSPS) is 13.5. The molecule has 0 unspecified atom stereocenters. The summed E-state index contributed by atoms with van der Waals surface area (Å²) in [6.45, 7) is 7.53. The number of methoxy groups -OCH3 is 1. The highest BCUT2D eigenvalue weighted by Crippen LogP contribution is 2.28. The third-order valence-electron chi connectivity index (χ3n) is 5.29. The maximum Gasteiger partial charge on any atom is 0.276 e. The number of H-pyrrole nitrogens is 1. The van der Waals surface area contributed by atoms with Crippen LogP contribution in [0.25, 0.3) is 0 Å². The molecule has 0 aliphatic carbocycles. The van der Waals surface area contributed by atoms with Crippen molar-refractivity contribution in [2.45, 2.75) is 39.5 Å². The number of carbonyl (C=O) groups is 2. The Kier molecular flexibility index (Phi) is 7.46. The van der Waals surface area contributed by atoms with E-state index in [0.717, 1.165) is 49.5 Å². The smallest absolute Gasteiger partial charge is 0.276 e. The van der Waals surface area contributed by atoms with Crippen molar-refractivity contribution in [3.8, 4) is 5.75 Å². The van der Waals surface area contributed by atoms with Crippen LogP contribution in [0.2, 0.25) is 0 Å². The van der Waals surface area contributed by atoms with E-state index in [-0.39, 0.29) is 11.8 Å². The molecule has 2 aromatic rings. The Bertz CT molecular complexity index is 856. The topological polar surface area (TPSA) is 90.6 Å². The van der Waals surface area contributed by atoms with Gasteiger partial charge in [0.2, 0.25) is 5.91 Å². The minimum Gasteiger partial charge on any atom is -0.497 e. The number of hydrogen-bond donors (Lipinski definition) is 2. The molecule has 0 fully saturated rings. The number of rotatable bonds is 10. The lowest BCUT2D eigenvalue weighted by molar-refractivity contribution is -0.116. The van der Waals surface area contributed by atoms with E-state index in [1.807, 2.05) is 24.3 Å². The number of amides is 2. The summed E-state index contributed by atoms with van der Waals surface area (Å²) < 4.78 is 5.18. The van der Waals surface area contributed by atoms with Gasteiger partial charge in [-0.25, -0.2) is 0 Å². The Morgan fingerprint density at radius 3 is 2.53 bits per heavy atom. The van der Waals surface area contributed by atoms with E-state index >= 15 is 0 Å². The lowest BCUT2D eigenvalue weighted by Crippen LogP contribution is -2.37. The maximum absolute atomic E-state index is 12.9. The molecule has 2 amide bonds. The van der Waals surface area contributed by atoms with E-state index in [4.69, 9.17) is 4.74 Å². The minimum absolute atomic E-state index is 0.0773. The highest BCUT2D eigenvalue weighted by molar-refractivity contribution is 6.08. The molecule has 8 heteroatoms. The summed E-state index contributed by atoms with van der Waals surface area (Å²) in [6.07, 6.45) is 3.17. The van der Waals surface area contributed by atoms with Crippen molar-refractivity contribution in [1.29, 1.82) is 0 Å². The van der Waals surface area contributed by atoms with Crippen molar-refractivity contribution in [1.82, 2.24) is 15.1 Å². The zero-order chi connectivity index (χ0) is 21.5. The molecular weight excluding hydrogens is 382 g/mol. The van der Waals surface area contributed by atoms with Gasteiger partial charge in [-0.05, 0) is 56.6 Å². The number of anilines is 2. The largest absolute Gasteiger partial charge is 0.497 e. The molecule has 1 aliphatic heterocycles. The lowest BCUT2D eigenvalue weighted by Gasteiger charge is -2.27. The quantitative estimate of drug-likeness (QED) is 0.625. The first kappa shape index (κ1) is 21.8. The number of fused-ring (bicyclic) bond motifs is 1. The number of carbonyl (C=O) groups excluding carboxylic acids is 2. The minimum atomic E-state index is -0.147. The monoisotopic (exact) mass is 413 g/mol. The van der Waals surface area contributed by atoms with Crippen molar-refractivity contribution in [2.24, 2.45) is 0 Å². The second-order valence-electron chi connectivity index (χ2n) is 7.47. The predicted octanol–water partition coefficient (Wildman–Crippen LogP) is 3.07. The Morgan fingerprint density at radius 1 is 1.20 bits per heavy atom. The van der Waals surface area contributed by atoms with Gasteiger partial charge in [-0.15, -0.1) is 0 Å². The summed E-state index contributed by atoms with van der Waals surface area (Å²) in [5, 5.41) is 9.91. The number of nitrogens with zero attached hydrogens (tertiary/aromatic N) is 3. The number of hydrogen-bond acceptors (Lipinski definition) is 5. The van der Waals surface area contributed by atoms with E-state index in [9.17, 15) is 9.59 Å². The summed E-state index contributed by atoms with van der Waals surface area (Å²) in [5.74, 6) is 0.986. The third-order valence-corrected chi connectivity index (χ3v) is 5.29.